The Morgan fingerprint density at radius 1 is 0.939 bits per heavy atom. The Morgan fingerprint density at radius 3 is 2.39 bits per heavy atom. The quantitative estimate of drug-likeness (QED) is 0.180. The lowest BCUT2D eigenvalue weighted by Crippen LogP contribution is -2.50. The molecule has 0 spiro atoms. The van der Waals surface area contributed by atoms with Gasteiger partial charge in [-0.3, -0.25) is 4.79 Å². The van der Waals surface area contributed by atoms with Gasteiger partial charge in [-0.15, -0.1) is 0 Å². The van der Waals surface area contributed by atoms with Crippen molar-refractivity contribution in [3.63, 3.8) is 0 Å². The lowest BCUT2D eigenvalue weighted by molar-refractivity contribution is -0.162. The largest absolute Gasteiger partial charge is 0.496 e. The van der Waals surface area contributed by atoms with Crippen molar-refractivity contribution in [2.75, 3.05) is 34.5 Å². The van der Waals surface area contributed by atoms with Gasteiger partial charge in [-0.25, -0.2) is 9.59 Å². The molecule has 0 bridgehead atoms. The van der Waals surface area contributed by atoms with E-state index in [0.717, 1.165) is 29.5 Å². The first-order valence-corrected chi connectivity index (χ1v) is 16.6. The molecule has 1 aliphatic heterocycles. The van der Waals surface area contributed by atoms with Crippen molar-refractivity contribution >= 4 is 17.8 Å². The van der Waals surface area contributed by atoms with Crippen LogP contribution in [0.5, 0.6) is 23.0 Å². The Balaban J connectivity index is 1.61. The highest BCUT2D eigenvalue weighted by Gasteiger charge is 2.38. The van der Waals surface area contributed by atoms with Crippen LogP contribution in [0.25, 0.3) is 0 Å². The third-order valence-corrected chi connectivity index (χ3v) is 8.91. The fourth-order valence-corrected chi connectivity index (χ4v) is 6.48. The highest BCUT2D eigenvalue weighted by atomic mass is 16.5. The van der Waals surface area contributed by atoms with Gasteiger partial charge in [-0.05, 0) is 98.0 Å². The summed E-state index contributed by atoms with van der Waals surface area (Å²) in [6.07, 6.45) is 2.71. The van der Waals surface area contributed by atoms with Gasteiger partial charge in [0.15, 0.2) is 18.1 Å². The predicted molar refractivity (Wildman–Crippen MR) is 182 cm³/mol. The molecule has 1 saturated heterocycles. The highest BCUT2D eigenvalue weighted by molar-refractivity contribution is 5.89. The van der Waals surface area contributed by atoms with Crippen molar-refractivity contribution in [1.29, 1.82) is 0 Å². The third kappa shape index (κ3) is 9.23. The zero-order valence-corrected chi connectivity index (χ0v) is 28.9. The summed E-state index contributed by atoms with van der Waals surface area (Å²) < 4.78 is 28.0. The van der Waals surface area contributed by atoms with Gasteiger partial charge in [0, 0.05) is 12.1 Å². The smallest absolute Gasteiger partial charge is 0.341 e. The van der Waals surface area contributed by atoms with Crippen molar-refractivity contribution in [1.82, 2.24) is 4.90 Å². The Labute approximate surface area is 287 Å². The molecular formula is C38H47NO10. The van der Waals surface area contributed by atoms with Crippen molar-refractivity contribution in [3.05, 3.63) is 82.4 Å². The number of aryl methyl sites for hydroxylation is 2. The molecule has 0 unspecified atom stereocenters. The minimum absolute atomic E-state index is 0.163. The third-order valence-electron chi connectivity index (χ3n) is 8.91. The van der Waals surface area contributed by atoms with Crippen LogP contribution in [-0.2, 0) is 32.1 Å². The molecular weight excluding hydrogens is 630 g/mol. The standard InChI is InChI=1S/C38H47NO10/c1-6-30(27-18-24(2)36(47-5)28(20-27)22-40)37(43)39-17-8-7-12-31(39)38(44)49-32(26-10-9-11-29(21-26)48-23-35(41)42)15-13-25-14-16-33(45-3)34(19-25)46-4/h9-11,14,16,18-21,30-32,40H,6-8,12-13,15,17,22-23H2,1-5H3,(H,41,42)/t30-,31-,32+/m0/s1. The second kappa shape index (κ2) is 17.6. The lowest BCUT2D eigenvalue weighted by Gasteiger charge is -2.37. The van der Waals surface area contributed by atoms with Crippen LogP contribution in [-0.4, -0.2) is 73.5 Å². The second-order valence-electron chi connectivity index (χ2n) is 12.1. The van der Waals surface area contributed by atoms with Gasteiger partial charge < -0.3 is 38.8 Å². The van der Waals surface area contributed by atoms with E-state index in [1.54, 1.807) is 50.5 Å². The maximum absolute atomic E-state index is 14.2. The van der Waals surface area contributed by atoms with E-state index in [9.17, 15) is 19.5 Å². The summed E-state index contributed by atoms with van der Waals surface area (Å²) in [4.78, 5) is 41.0. The van der Waals surface area contributed by atoms with Crippen LogP contribution in [0.1, 0.15) is 78.9 Å². The molecule has 3 aromatic rings. The van der Waals surface area contributed by atoms with E-state index in [4.69, 9.17) is 28.8 Å². The molecule has 11 heteroatoms. The van der Waals surface area contributed by atoms with Gasteiger partial charge in [0.25, 0.3) is 0 Å². The van der Waals surface area contributed by atoms with Crippen LogP contribution in [0.3, 0.4) is 0 Å². The topological polar surface area (TPSA) is 141 Å². The maximum Gasteiger partial charge on any atom is 0.341 e. The molecule has 1 heterocycles. The summed E-state index contributed by atoms with van der Waals surface area (Å²) in [5.74, 6) is -0.185. The number of carbonyl (C=O) groups excluding carboxylic acids is 2. The van der Waals surface area contributed by atoms with E-state index in [1.807, 2.05) is 44.2 Å². The molecule has 1 amide bonds. The number of benzene rings is 3. The Kier molecular flexibility index (Phi) is 13.3. The molecule has 4 rings (SSSR count). The highest BCUT2D eigenvalue weighted by Crippen LogP contribution is 2.35. The number of carboxylic acid groups (broad SMARTS) is 1. The van der Waals surface area contributed by atoms with Gasteiger partial charge in [0.05, 0.1) is 33.9 Å². The summed E-state index contributed by atoms with van der Waals surface area (Å²) in [6.45, 7) is 3.50. The molecule has 0 aliphatic carbocycles. The number of piperidine rings is 1. The van der Waals surface area contributed by atoms with Crippen LogP contribution in [0.4, 0.5) is 0 Å². The first-order chi connectivity index (χ1) is 23.6. The number of carbonyl (C=O) groups is 3. The normalized spacial score (nSPS) is 15.6. The zero-order chi connectivity index (χ0) is 35.5. The average molecular weight is 678 g/mol. The van der Waals surface area contributed by atoms with Crippen LogP contribution >= 0.6 is 0 Å². The molecule has 3 aromatic carbocycles. The molecule has 2 N–H and O–H groups in total. The summed E-state index contributed by atoms with van der Waals surface area (Å²) in [5, 5.41) is 19.1. The number of esters is 1. The number of methoxy groups -OCH3 is 3. The average Bonchev–Trinajstić information content (AvgIpc) is 3.12. The van der Waals surface area contributed by atoms with E-state index < -0.39 is 36.6 Å². The number of aliphatic hydroxyl groups excluding tert-OH is 1. The maximum atomic E-state index is 14.2. The van der Waals surface area contributed by atoms with E-state index in [0.29, 0.717) is 66.4 Å². The molecule has 1 aliphatic rings. The number of amides is 1. The number of carboxylic acids is 1. The van der Waals surface area contributed by atoms with Gasteiger partial charge in [-0.2, -0.15) is 0 Å². The number of rotatable bonds is 16. The fourth-order valence-electron chi connectivity index (χ4n) is 6.48. The van der Waals surface area contributed by atoms with Crippen LogP contribution in [0.15, 0.2) is 54.6 Å². The molecule has 0 aromatic heterocycles. The Bertz CT molecular complexity index is 1610. The summed E-state index contributed by atoms with van der Waals surface area (Å²) in [7, 11) is 4.68. The van der Waals surface area contributed by atoms with Crippen molar-refractivity contribution in [2.24, 2.45) is 0 Å². The monoisotopic (exact) mass is 677 g/mol. The van der Waals surface area contributed by atoms with E-state index in [1.165, 1.54) is 0 Å². The van der Waals surface area contributed by atoms with Crippen LogP contribution in [0.2, 0.25) is 0 Å². The van der Waals surface area contributed by atoms with Gasteiger partial charge in [0.1, 0.15) is 23.6 Å². The van der Waals surface area contributed by atoms with Crippen molar-refractivity contribution < 1.29 is 48.3 Å². The first-order valence-electron chi connectivity index (χ1n) is 16.6. The van der Waals surface area contributed by atoms with Crippen molar-refractivity contribution in [3.8, 4) is 23.0 Å². The van der Waals surface area contributed by atoms with Gasteiger partial charge >= 0.3 is 11.9 Å². The lowest BCUT2D eigenvalue weighted by atomic mass is 9.89. The minimum atomic E-state index is -1.10. The number of hydrogen-bond acceptors (Lipinski definition) is 9. The number of aliphatic hydroxyl groups is 1. The number of likely N-dealkylation sites (tertiary alicyclic amines) is 1. The molecule has 0 radical (unpaired) electrons. The molecule has 11 nitrogen and oxygen atoms in total. The molecule has 49 heavy (non-hydrogen) atoms. The molecule has 264 valence electrons. The Hall–Kier alpha value is -4.77. The van der Waals surface area contributed by atoms with E-state index >= 15 is 0 Å². The number of nitrogens with zero attached hydrogens (tertiary/aromatic N) is 1. The van der Waals surface area contributed by atoms with Gasteiger partial charge in [-0.1, -0.05) is 31.2 Å². The number of aliphatic carboxylic acids is 1. The predicted octanol–water partition coefficient (Wildman–Crippen LogP) is 5.77. The van der Waals surface area contributed by atoms with Crippen LogP contribution in [0, 0.1) is 6.92 Å². The number of hydrogen-bond donors (Lipinski definition) is 2. The SMILES string of the molecule is CC[C@H](C(=O)N1CCCC[C@H]1C(=O)O[C@H](CCc1ccc(OC)c(OC)c1)c1cccc(OCC(=O)O)c1)c1cc(C)c(OC)c(CO)c1. The van der Waals surface area contributed by atoms with E-state index in [-0.39, 0.29) is 12.5 Å². The zero-order valence-electron chi connectivity index (χ0n) is 28.9. The fraction of sp³-hybridized carbons (Fsp3) is 0.447. The molecule has 3 atom stereocenters. The van der Waals surface area contributed by atoms with Crippen LogP contribution < -0.4 is 18.9 Å². The molecule has 1 fully saturated rings. The molecule has 0 saturated carbocycles. The van der Waals surface area contributed by atoms with Crippen molar-refractivity contribution in [2.45, 2.75) is 77.0 Å². The summed E-state index contributed by atoms with van der Waals surface area (Å²) in [5.41, 5.74) is 3.76. The first kappa shape index (κ1) is 37.1. The number of ether oxygens (including phenoxy) is 5. The summed E-state index contributed by atoms with van der Waals surface area (Å²) in [6, 6.07) is 15.4. The minimum Gasteiger partial charge on any atom is -0.496 e. The van der Waals surface area contributed by atoms with E-state index in [2.05, 4.69) is 0 Å². The Morgan fingerprint density at radius 2 is 1.71 bits per heavy atom. The van der Waals surface area contributed by atoms with Gasteiger partial charge in [0.2, 0.25) is 5.91 Å². The summed E-state index contributed by atoms with van der Waals surface area (Å²) >= 11 is 0. The second-order valence-corrected chi connectivity index (χ2v) is 12.1.